The van der Waals surface area contributed by atoms with Gasteiger partial charge in [0.15, 0.2) is 0 Å². The number of aromatic nitrogens is 1. The van der Waals surface area contributed by atoms with Gasteiger partial charge < -0.3 is 5.73 Å². The second kappa shape index (κ2) is 5.99. The molecule has 1 aromatic heterocycles. The fourth-order valence-electron chi connectivity index (χ4n) is 2.30. The van der Waals surface area contributed by atoms with Gasteiger partial charge in [-0.25, -0.2) is 4.98 Å². The minimum atomic E-state index is -0.166. The highest BCUT2D eigenvalue weighted by atomic mass is 35.5. The molecule has 6 heteroatoms. The largest absolute Gasteiger partial charge is 0.369 e. The summed E-state index contributed by atoms with van der Waals surface area (Å²) in [5.41, 5.74) is 6.28. The van der Waals surface area contributed by atoms with E-state index in [0.29, 0.717) is 11.9 Å². The molecule has 0 aliphatic carbocycles. The number of likely N-dealkylation sites (tertiary alicyclic amines) is 1. The van der Waals surface area contributed by atoms with Crippen molar-refractivity contribution in [2.45, 2.75) is 31.7 Å². The Hall–Kier alpha value is -0.650. The Bertz CT molecular complexity index is 415. The molecule has 1 fully saturated rings. The molecule has 2 rings (SSSR count). The highest BCUT2D eigenvalue weighted by molar-refractivity contribution is 7.09. The fourth-order valence-corrected chi connectivity index (χ4v) is 3.44. The van der Waals surface area contributed by atoms with Crippen LogP contribution in [-0.4, -0.2) is 28.9 Å². The van der Waals surface area contributed by atoms with Crippen molar-refractivity contribution in [2.24, 2.45) is 11.7 Å². The number of thiazole rings is 1. The first kappa shape index (κ1) is 13.8. The van der Waals surface area contributed by atoms with Gasteiger partial charge in [0.05, 0.1) is 17.6 Å². The zero-order valence-electron chi connectivity index (χ0n) is 10.4. The summed E-state index contributed by atoms with van der Waals surface area (Å²) in [6, 6.07) is 0.292. The van der Waals surface area contributed by atoms with E-state index in [9.17, 15) is 4.79 Å². The summed E-state index contributed by atoms with van der Waals surface area (Å²) in [5.74, 6) is 0.344. The molecule has 1 aromatic rings. The number of hydrogen-bond donors (Lipinski definition) is 1. The summed E-state index contributed by atoms with van der Waals surface area (Å²) in [5, 5.41) is 3.11. The van der Waals surface area contributed by atoms with E-state index in [-0.39, 0.29) is 11.8 Å². The second-order valence-electron chi connectivity index (χ2n) is 4.70. The second-order valence-corrected chi connectivity index (χ2v) is 5.86. The quantitative estimate of drug-likeness (QED) is 0.863. The maximum absolute atomic E-state index is 11.1. The van der Waals surface area contributed by atoms with Gasteiger partial charge in [-0.3, -0.25) is 9.69 Å². The van der Waals surface area contributed by atoms with E-state index in [4.69, 9.17) is 17.3 Å². The van der Waals surface area contributed by atoms with Crippen LogP contribution in [0, 0.1) is 5.92 Å². The third-order valence-electron chi connectivity index (χ3n) is 3.54. The van der Waals surface area contributed by atoms with Crippen LogP contribution in [0.15, 0.2) is 5.38 Å². The van der Waals surface area contributed by atoms with Crippen LogP contribution in [0.25, 0.3) is 0 Å². The van der Waals surface area contributed by atoms with Crippen molar-refractivity contribution in [3.63, 3.8) is 0 Å². The number of alkyl halides is 1. The number of piperidine rings is 1. The van der Waals surface area contributed by atoms with Crippen molar-refractivity contribution >= 4 is 28.8 Å². The van der Waals surface area contributed by atoms with Crippen molar-refractivity contribution in [1.82, 2.24) is 9.88 Å². The van der Waals surface area contributed by atoms with E-state index in [1.54, 1.807) is 11.3 Å². The van der Waals surface area contributed by atoms with Crippen LogP contribution in [0.3, 0.4) is 0 Å². The lowest BCUT2D eigenvalue weighted by Crippen LogP contribution is -2.39. The average molecular weight is 288 g/mol. The number of hydrogen-bond acceptors (Lipinski definition) is 4. The van der Waals surface area contributed by atoms with Crippen molar-refractivity contribution in [3.05, 3.63) is 16.1 Å². The van der Waals surface area contributed by atoms with Gasteiger partial charge in [0.25, 0.3) is 0 Å². The molecular weight excluding hydrogens is 270 g/mol. The Kier molecular flexibility index (Phi) is 4.59. The zero-order valence-corrected chi connectivity index (χ0v) is 12.0. The van der Waals surface area contributed by atoms with Gasteiger partial charge in [0.1, 0.15) is 5.01 Å². The highest BCUT2D eigenvalue weighted by Crippen LogP contribution is 2.28. The molecule has 1 aliphatic heterocycles. The monoisotopic (exact) mass is 287 g/mol. The van der Waals surface area contributed by atoms with Gasteiger partial charge in [-0.05, 0) is 32.9 Å². The van der Waals surface area contributed by atoms with Crippen molar-refractivity contribution in [3.8, 4) is 0 Å². The molecule has 0 spiro atoms. The molecule has 4 nitrogen and oxygen atoms in total. The highest BCUT2D eigenvalue weighted by Gasteiger charge is 2.27. The maximum atomic E-state index is 11.1. The minimum absolute atomic E-state index is 0.0446. The normalized spacial score (nSPS) is 19.9. The molecule has 1 atom stereocenters. The predicted molar refractivity (Wildman–Crippen MR) is 73.6 cm³/mol. The Morgan fingerprint density at radius 1 is 1.67 bits per heavy atom. The first-order valence-corrected chi connectivity index (χ1v) is 7.57. The molecule has 0 bridgehead atoms. The minimum Gasteiger partial charge on any atom is -0.369 e. The lowest BCUT2D eigenvalue weighted by atomic mass is 9.95. The topological polar surface area (TPSA) is 59.2 Å². The molecule has 1 aliphatic rings. The first-order chi connectivity index (χ1) is 8.61. The van der Waals surface area contributed by atoms with Crippen LogP contribution >= 0.6 is 22.9 Å². The Morgan fingerprint density at radius 3 is 2.83 bits per heavy atom. The van der Waals surface area contributed by atoms with Crippen molar-refractivity contribution in [1.29, 1.82) is 0 Å². The van der Waals surface area contributed by atoms with E-state index in [0.717, 1.165) is 36.6 Å². The number of nitrogens with zero attached hydrogens (tertiary/aromatic N) is 2. The Morgan fingerprint density at radius 2 is 2.33 bits per heavy atom. The lowest BCUT2D eigenvalue weighted by molar-refractivity contribution is -0.123. The van der Waals surface area contributed by atoms with Crippen molar-refractivity contribution < 1.29 is 4.79 Å². The van der Waals surface area contributed by atoms with Crippen LogP contribution in [0.5, 0.6) is 0 Å². The lowest BCUT2D eigenvalue weighted by Gasteiger charge is -2.34. The van der Waals surface area contributed by atoms with Gasteiger partial charge in [-0.1, -0.05) is 0 Å². The fraction of sp³-hybridized carbons (Fsp3) is 0.667. The van der Waals surface area contributed by atoms with E-state index in [2.05, 4.69) is 16.8 Å². The number of nitrogens with two attached hydrogens (primary N) is 1. The van der Waals surface area contributed by atoms with Crippen LogP contribution in [0.1, 0.15) is 36.5 Å². The van der Waals surface area contributed by atoms with Gasteiger partial charge in [0, 0.05) is 11.3 Å². The molecule has 2 N–H and O–H groups in total. The molecule has 18 heavy (non-hydrogen) atoms. The van der Waals surface area contributed by atoms with E-state index >= 15 is 0 Å². The molecule has 1 saturated heterocycles. The Labute approximate surface area is 116 Å². The molecular formula is C12H18ClN3OS. The van der Waals surface area contributed by atoms with Crippen LogP contribution in [0.2, 0.25) is 0 Å². The van der Waals surface area contributed by atoms with E-state index in [1.807, 2.05) is 5.38 Å². The average Bonchev–Trinajstić information content (AvgIpc) is 2.86. The number of halogens is 1. The van der Waals surface area contributed by atoms with Crippen LogP contribution in [0.4, 0.5) is 0 Å². The number of carbonyl (C=O) groups is 1. The third kappa shape index (κ3) is 3.02. The molecule has 0 aromatic carbocycles. The maximum Gasteiger partial charge on any atom is 0.220 e. The zero-order chi connectivity index (χ0) is 13.1. The summed E-state index contributed by atoms with van der Waals surface area (Å²) in [6.45, 7) is 3.97. The smallest absolute Gasteiger partial charge is 0.220 e. The van der Waals surface area contributed by atoms with Gasteiger partial charge in [-0.2, -0.15) is 0 Å². The number of amides is 1. The standard InChI is InChI=1S/C12H18ClN3OS/c1-8(12-15-10(6-13)7-18-12)16-4-2-9(3-5-16)11(14)17/h7-9H,2-6H2,1H3,(H2,14,17). The van der Waals surface area contributed by atoms with E-state index < -0.39 is 0 Å². The number of carbonyl (C=O) groups excluding carboxylic acids is 1. The summed E-state index contributed by atoms with van der Waals surface area (Å²) in [6.07, 6.45) is 1.71. The first-order valence-electron chi connectivity index (χ1n) is 6.15. The van der Waals surface area contributed by atoms with Crippen LogP contribution < -0.4 is 5.73 Å². The summed E-state index contributed by atoms with van der Waals surface area (Å²) < 4.78 is 0. The predicted octanol–water partition coefficient (Wildman–Crippen LogP) is 2.14. The molecule has 1 unspecified atom stereocenters. The van der Waals surface area contributed by atoms with E-state index in [1.165, 1.54) is 0 Å². The third-order valence-corrected chi connectivity index (χ3v) is 4.88. The molecule has 0 saturated carbocycles. The van der Waals surface area contributed by atoms with Crippen LogP contribution in [-0.2, 0) is 10.7 Å². The molecule has 100 valence electrons. The number of rotatable bonds is 4. The van der Waals surface area contributed by atoms with Gasteiger partial charge >= 0.3 is 0 Å². The molecule has 0 radical (unpaired) electrons. The summed E-state index contributed by atoms with van der Waals surface area (Å²) in [7, 11) is 0. The SMILES string of the molecule is CC(c1nc(CCl)cs1)N1CCC(C(N)=O)CC1. The molecule has 2 heterocycles. The number of primary amides is 1. The summed E-state index contributed by atoms with van der Waals surface area (Å²) >= 11 is 7.42. The summed E-state index contributed by atoms with van der Waals surface area (Å²) in [4.78, 5) is 18.0. The van der Waals surface area contributed by atoms with Gasteiger partial charge in [0.2, 0.25) is 5.91 Å². The Balaban J connectivity index is 1.94. The molecule has 1 amide bonds. The van der Waals surface area contributed by atoms with Crippen molar-refractivity contribution in [2.75, 3.05) is 13.1 Å². The van der Waals surface area contributed by atoms with Gasteiger partial charge in [-0.15, -0.1) is 22.9 Å².